The average Bonchev–Trinajstić information content (AvgIpc) is 3.05. The minimum Gasteiger partial charge on any atom is -0.480 e. The fourth-order valence-corrected chi connectivity index (χ4v) is 2.94. The monoisotopic (exact) mass is 316 g/mol. The predicted octanol–water partition coefficient (Wildman–Crippen LogP) is 0.269. The summed E-state index contributed by atoms with van der Waals surface area (Å²) in [6, 6.07) is -0.898. The van der Waals surface area contributed by atoms with Gasteiger partial charge in [0.05, 0.1) is 26.9 Å². The minimum atomic E-state index is -0.906. The third-order valence-electron chi connectivity index (χ3n) is 4.21. The molecule has 2 atom stereocenters. The van der Waals surface area contributed by atoms with Crippen molar-refractivity contribution in [2.45, 2.75) is 38.1 Å². The number of ether oxygens (including phenoxy) is 3. The molecule has 126 valence electrons. The lowest BCUT2D eigenvalue weighted by Crippen LogP contribution is -2.49. The van der Waals surface area contributed by atoms with Crippen molar-refractivity contribution in [3.8, 4) is 0 Å². The third-order valence-corrected chi connectivity index (χ3v) is 4.21. The second kappa shape index (κ2) is 6.80. The van der Waals surface area contributed by atoms with E-state index in [4.69, 9.17) is 9.47 Å². The zero-order valence-electron chi connectivity index (χ0n) is 13.2. The summed E-state index contributed by atoms with van der Waals surface area (Å²) in [5.74, 6) is -1.59. The number of alkyl carbamates (subject to hydrolysis) is 1. The molecule has 1 amide bonds. The SMILES string of the molecule is COC(=O)N[C@H](CN1CC2(C[C@H]1C(=O)O)OCCO2)C(C)C. The molecule has 0 radical (unpaired) electrons. The molecule has 8 heteroatoms. The van der Waals surface area contributed by atoms with Gasteiger partial charge >= 0.3 is 12.1 Å². The second-order valence-corrected chi connectivity index (χ2v) is 6.08. The van der Waals surface area contributed by atoms with E-state index >= 15 is 0 Å². The van der Waals surface area contributed by atoms with Crippen molar-refractivity contribution in [2.24, 2.45) is 5.92 Å². The van der Waals surface area contributed by atoms with Crippen LogP contribution < -0.4 is 5.32 Å². The van der Waals surface area contributed by atoms with Crippen LogP contribution in [0.25, 0.3) is 0 Å². The molecule has 22 heavy (non-hydrogen) atoms. The Morgan fingerprint density at radius 2 is 2.05 bits per heavy atom. The number of aliphatic carboxylic acids is 1. The standard InChI is InChI=1S/C14H24N2O6/c1-9(2)10(15-13(19)20-3)7-16-8-14(21-4-5-22-14)6-11(16)12(17)18/h9-11H,4-8H2,1-3H3,(H,15,19)(H,17,18)/t10-,11+/m1/s1. The normalized spacial score (nSPS) is 25.5. The van der Waals surface area contributed by atoms with E-state index < -0.39 is 23.9 Å². The molecular weight excluding hydrogens is 292 g/mol. The molecule has 2 aliphatic heterocycles. The number of carboxylic acids is 1. The first-order valence-electron chi connectivity index (χ1n) is 7.46. The van der Waals surface area contributed by atoms with Crippen molar-refractivity contribution < 1.29 is 28.9 Å². The maximum Gasteiger partial charge on any atom is 0.407 e. The Morgan fingerprint density at radius 1 is 1.41 bits per heavy atom. The molecule has 8 nitrogen and oxygen atoms in total. The van der Waals surface area contributed by atoms with Crippen molar-refractivity contribution in [1.82, 2.24) is 10.2 Å². The van der Waals surface area contributed by atoms with Crippen molar-refractivity contribution in [1.29, 1.82) is 0 Å². The molecule has 0 aromatic carbocycles. The summed E-state index contributed by atoms with van der Waals surface area (Å²) in [5, 5.41) is 12.2. The van der Waals surface area contributed by atoms with E-state index in [0.29, 0.717) is 32.7 Å². The van der Waals surface area contributed by atoms with E-state index in [0.717, 1.165) is 0 Å². The van der Waals surface area contributed by atoms with Gasteiger partial charge in [0.15, 0.2) is 5.79 Å². The predicted molar refractivity (Wildman–Crippen MR) is 76.4 cm³/mol. The van der Waals surface area contributed by atoms with Gasteiger partial charge in [-0.1, -0.05) is 13.8 Å². The molecule has 2 saturated heterocycles. The van der Waals surface area contributed by atoms with Gasteiger partial charge in [0, 0.05) is 19.0 Å². The summed E-state index contributed by atoms with van der Waals surface area (Å²) in [5.41, 5.74) is 0. The molecule has 0 unspecified atom stereocenters. The highest BCUT2D eigenvalue weighted by atomic mass is 16.7. The number of carbonyl (C=O) groups is 2. The van der Waals surface area contributed by atoms with Crippen LogP contribution in [-0.2, 0) is 19.0 Å². The fourth-order valence-electron chi connectivity index (χ4n) is 2.94. The summed E-state index contributed by atoms with van der Waals surface area (Å²) in [6.45, 7) is 5.67. The number of carbonyl (C=O) groups excluding carboxylic acids is 1. The number of carboxylic acid groups (broad SMARTS) is 1. The summed E-state index contributed by atoms with van der Waals surface area (Å²) >= 11 is 0. The molecule has 2 fully saturated rings. The van der Waals surface area contributed by atoms with Crippen molar-refractivity contribution in [3.63, 3.8) is 0 Å². The maximum atomic E-state index is 11.5. The number of hydrogen-bond donors (Lipinski definition) is 2. The molecule has 1 spiro atoms. The number of nitrogens with zero attached hydrogens (tertiary/aromatic N) is 1. The van der Waals surface area contributed by atoms with Gasteiger partial charge in [0.1, 0.15) is 6.04 Å². The molecule has 2 aliphatic rings. The van der Waals surface area contributed by atoms with Crippen LogP contribution in [0.4, 0.5) is 4.79 Å². The van der Waals surface area contributed by atoms with Gasteiger partial charge in [-0.3, -0.25) is 9.69 Å². The van der Waals surface area contributed by atoms with E-state index in [9.17, 15) is 14.7 Å². The Balaban J connectivity index is 2.07. The highest BCUT2D eigenvalue weighted by Gasteiger charge is 2.51. The molecule has 0 saturated carbocycles. The van der Waals surface area contributed by atoms with E-state index in [1.807, 2.05) is 13.8 Å². The van der Waals surface area contributed by atoms with Crippen LogP contribution in [0.1, 0.15) is 20.3 Å². The van der Waals surface area contributed by atoms with E-state index in [1.165, 1.54) is 7.11 Å². The van der Waals surface area contributed by atoms with Crippen LogP contribution in [0.3, 0.4) is 0 Å². The molecule has 2 rings (SSSR count). The number of amides is 1. The molecular formula is C14H24N2O6. The van der Waals surface area contributed by atoms with Crippen LogP contribution >= 0.6 is 0 Å². The fraction of sp³-hybridized carbons (Fsp3) is 0.857. The molecule has 2 N–H and O–H groups in total. The van der Waals surface area contributed by atoms with Crippen LogP contribution in [0.2, 0.25) is 0 Å². The lowest BCUT2D eigenvalue weighted by Gasteiger charge is -2.29. The van der Waals surface area contributed by atoms with Crippen molar-refractivity contribution in [3.05, 3.63) is 0 Å². The van der Waals surface area contributed by atoms with E-state index in [1.54, 1.807) is 4.90 Å². The summed E-state index contributed by atoms with van der Waals surface area (Å²) in [7, 11) is 1.30. The van der Waals surface area contributed by atoms with Gasteiger partial charge in [-0.05, 0) is 5.92 Å². The Bertz CT molecular complexity index is 422. The van der Waals surface area contributed by atoms with Gasteiger partial charge in [0.25, 0.3) is 0 Å². The van der Waals surface area contributed by atoms with Crippen LogP contribution in [0.15, 0.2) is 0 Å². The number of hydrogen-bond acceptors (Lipinski definition) is 6. The Kier molecular flexibility index (Phi) is 5.25. The molecule has 0 aromatic heterocycles. The summed E-state index contributed by atoms with van der Waals surface area (Å²) < 4.78 is 15.9. The van der Waals surface area contributed by atoms with E-state index in [-0.39, 0.29) is 12.0 Å². The lowest BCUT2D eigenvalue weighted by atomic mass is 10.0. The number of nitrogens with one attached hydrogen (secondary N) is 1. The largest absolute Gasteiger partial charge is 0.480 e. The summed E-state index contributed by atoms with van der Waals surface area (Å²) in [4.78, 5) is 24.8. The van der Waals surface area contributed by atoms with Crippen molar-refractivity contribution >= 4 is 12.1 Å². The van der Waals surface area contributed by atoms with Crippen molar-refractivity contribution in [2.75, 3.05) is 33.4 Å². The smallest absolute Gasteiger partial charge is 0.407 e. The minimum absolute atomic E-state index is 0.135. The second-order valence-electron chi connectivity index (χ2n) is 6.08. The number of methoxy groups -OCH3 is 1. The Morgan fingerprint density at radius 3 is 2.55 bits per heavy atom. The highest BCUT2D eigenvalue weighted by Crippen LogP contribution is 2.35. The van der Waals surface area contributed by atoms with Gasteiger partial charge in [0.2, 0.25) is 0 Å². The lowest BCUT2D eigenvalue weighted by molar-refractivity contribution is -0.150. The van der Waals surface area contributed by atoms with Gasteiger partial charge < -0.3 is 24.6 Å². The highest BCUT2D eigenvalue weighted by molar-refractivity contribution is 5.74. The first-order chi connectivity index (χ1) is 10.4. The van der Waals surface area contributed by atoms with E-state index in [2.05, 4.69) is 10.1 Å². The van der Waals surface area contributed by atoms with Crippen LogP contribution in [0, 0.1) is 5.92 Å². The quantitative estimate of drug-likeness (QED) is 0.751. The zero-order valence-corrected chi connectivity index (χ0v) is 13.2. The van der Waals surface area contributed by atoms with Crippen LogP contribution in [-0.4, -0.2) is 73.4 Å². The maximum absolute atomic E-state index is 11.5. The number of likely N-dealkylation sites (tertiary alicyclic amines) is 1. The Hall–Kier alpha value is -1.38. The van der Waals surface area contributed by atoms with Crippen LogP contribution in [0.5, 0.6) is 0 Å². The van der Waals surface area contributed by atoms with Gasteiger partial charge in [-0.25, -0.2) is 4.79 Å². The zero-order chi connectivity index (χ0) is 16.3. The number of rotatable bonds is 5. The molecule has 0 aromatic rings. The first-order valence-corrected chi connectivity index (χ1v) is 7.46. The third kappa shape index (κ3) is 3.68. The van der Waals surface area contributed by atoms with Gasteiger partial charge in [-0.2, -0.15) is 0 Å². The Labute approximate surface area is 129 Å². The first kappa shape index (κ1) is 17.0. The average molecular weight is 316 g/mol. The molecule has 0 aliphatic carbocycles. The summed E-state index contributed by atoms with van der Waals surface area (Å²) in [6.07, 6.45) is -0.224. The topological polar surface area (TPSA) is 97.3 Å². The van der Waals surface area contributed by atoms with Gasteiger partial charge in [-0.15, -0.1) is 0 Å². The molecule has 2 heterocycles. The molecule has 0 bridgehead atoms.